The first-order chi connectivity index (χ1) is 22.5. The van der Waals surface area contributed by atoms with Gasteiger partial charge in [0.1, 0.15) is 17.4 Å². The highest BCUT2D eigenvalue weighted by atomic mass is 35.5. The van der Waals surface area contributed by atoms with Crippen molar-refractivity contribution >= 4 is 28.5 Å². The topological polar surface area (TPSA) is 65.7 Å². The van der Waals surface area contributed by atoms with Crippen molar-refractivity contribution < 1.29 is 18.7 Å². The first-order valence-electron chi connectivity index (χ1n) is 18.8. The van der Waals surface area contributed by atoms with Crippen LogP contribution in [0.1, 0.15) is 123 Å². The van der Waals surface area contributed by atoms with Crippen LogP contribution < -0.4 is 10.4 Å². The van der Waals surface area contributed by atoms with Crippen LogP contribution in [-0.4, -0.2) is 18.7 Å². The van der Waals surface area contributed by atoms with E-state index in [1.54, 1.807) is 12.1 Å². The molecule has 1 heterocycles. The lowest BCUT2D eigenvalue weighted by Crippen LogP contribution is -2.51. The summed E-state index contributed by atoms with van der Waals surface area (Å²) in [5.74, 6) is 4.84. The monoisotopic (exact) mass is 662 g/mol. The second-order valence-corrected chi connectivity index (χ2v) is 17.3. The molecule has 6 heteroatoms. The fraction of sp³-hybridized carbons (Fsp3) is 0.707. The number of hydrogen-bond acceptors (Lipinski definition) is 5. The van der Waals surface area contributed by atoms with Gasteiger partial charge in [0, 0.05) is 23.4 Å². The van der Waals surface area contributed by atoms with Crippen molar-refractivity contribution in [3.63, 3.8) is 0 Å². The van der Waals surface area contributed by atoms with Gasteiger partial charge in [0.25, 0.3) is 0 Å². The molecular weight excluding hydrogens is 608 g/mol. The molecule has 1 aromatic carbocycles. The van der Waals surface area contributed by atoms with Crippen LogP contribution in [0.4, 0.5) is 0 Å². The molecule has 0 aliphatic heterocycles. The number of aryl methyl sites for hydroxylation is 1. The van der Waals surface area contributed by atoms with Gasteiger partial charge in [-0.2, -0.15) is 0 Å². The molecule has 0 spiro atoms. The second-order valence-electron chi connectivity index (χ2n) is 16.9. The molecule has 7 rings (SSSR count). The van der Waals surface area contributed by atoms with Crippen molar-refractivity contribution in [1.82, 2.24) is 0 Å². The molecule has 0 saturated heterocycles. The third kappa shape index (κ3) is 5.99. The predicted molar refractivity (Wildman–Crippen MR) is 188 cm³/mol. The molecule has 1 aromatic heterocycles. The third-order valence-electron chi connectivity index (χ3n) is 13.9. The van der Waals surface area contributed by atoms with E-state index in [2.05, 4.69) is 40.7 Å². The Morgan fingerprint density at radius 1 is 1.02 bits per heavy atom. The molecule has 3 saturated carbocycles. The van der Waals surface area contributed by atoms with Gasteiger partial charge in [-0.15, -0.1) is 0 Å². The zero-order chi connectivity index (χ0) is 33.1. The molecule has 2 aromatic rings. The maximum absolute atomic E-state index is 13.0. The van der Waals surface area contributed by atoms with Crippen molar-refractivity contribution in [2.45, 2.75) is 131 Å². The molecule has 0 radical (unpaired) electrons. The maximum atomic E-state index is 13.0. The van der Waals surface area contributed by atoms with E-state index in [0.717, 1.165) is 90.5 Å². The molecule has 5 nitrogen and oxygen atoms in total. The Hall–Kier alpha value is -2.27. The number of halogens is 1. The Bertz CT molecular complexity index is 1600. The van der Waals surface area contributed by atoms with E-state index in [0.29, 0.717) is 21.8 Å². The highest BCUT2D eigenvalue weighted by molar-refractivity contribution is 6.32. The van der Waals surface area contributed by atoms with E-state index in [9.17, 15) is 9.59 Å². The van der Waals surface area contributed by atoms with Gasteiger partial charge in [0.05, 0.1) is 5.02 Å². The summed E-state index contributed by atoms with van der Waals surface area (Å²) in [5.41, 5.74) is 4.16. The first-order valence-corrected chi connectivity index (χ1v) is 19.2. The van der Waals surface area contributed by atoms with Crippen molar-refractivity contribution in [3.8, 4) is 5.75 Å². The average molecular weight is 663 g/mol. The van der Waals surface area contributed by atoms with Crippen molar-refractivity contribution in [3.05, 3.63) is 50.4 Å². The number of esters is 1. The predicted octanol–water partition coefficient (Wildman–Crippen LogP) is 10.3. The van der Waals surface area contributed by atoms with Crippen LogP contribution in [0.5, 0.6) is 5.75 Å². The molecule has 0 N–H and O–H groups in total. The van der Waals surface area contributed by atoms with Gasteiger partial charge in [-0.25, -0.2) is 9.59 Å². The molecule has 47 heavy (non-hydrogen) atoms. The van der Waals surface area contributed by atoms with Crippen molar-refractivity contribution in [2.24, 2.45) is 46.3 Å². The van der Waals surface area contributed by atoms with Gasteiger partial charge in [0.15, 0.2) is 6.61 Å². The minimum absolute atomic E-state index is 0.119. The van der Waals surface area contributed by atoms with Gasteiger partial charge < -0.3 is 13.9 Å². The minimum atomic E-state index is -0.382. The Balaban J connectivity index is 0.966. The van der Waals surface area contributed by atoms with Gasteiger partial charge >= 0.3 is 11.6 Å². The highest BCUT2D eigenvalue weighted by Gasteiger charge is 2.59. The zero-order valence-corrected chi connectivity index (χ0v) is 30.1. The number of allylic oxidation sites excluding steroid dienone is 1. The van der Waals surface area contributed by atoms with E-state index in [4.69, 9.17) is 25.5 Å². The van der Waals surface area contributed by atoms with E-state index in [-0.39, 0.29) is 29.7 Å². The molecule has 0 bridgehead atoms. The largest absolute Gasteiger partial charge is 0.480 e. The third-order valence-corrected chi connectivity index (χ3v) is 14.2. The van der Waals surface area contributed by atoms with Crippen molar-refractivity contribution in [1.29, 1.82) is 0 Å². The van der Waals surface area contributed by atoms with Gasteiger partial charge in [-0.3, -0.25) is 0 Å². The molecular formula is C41H55ClO5. The maximum Gasteiger partial charge on any atom is 0.344 e. The number of carbonyl (C=O) groups is 1. The molecule has 5 aliphatic rings. The fourth-order valence-corrected chi connectivity index (χ4v) is 11.7. The quantitative estimate of drug-likeness (QED) is 0.152. The van der Waals surface area contributed by atoms with Crippen LogP contribution in [0, 0.1) is 46.3 Å². The molecule has 8 atom stereocenters. The Kier molecular flexibility index (Phi) is 9.11. The normalized spacial score (nSPS) is 33.5. The summed E-state index contributed by atoms with van der Waals surface area (Å²) in [7, 11) is 0. The van der Waals surface area contributed by atoms with Crippen LogP contribution in [0.25, 0.3) is 11.0 Å². The summed E-state index contributed by atoms with van der Waals surface area (Å²) >= 11 is 6.56. The lowest BCUT2D eigenvalue weighted by atomic mass is 9.47. The number of fused-ring (bicyclic) bond motifs is 8. The smallest absolute Gasteiger partial charge is 0.344 e. The van der Waals surface area contributed by atoms with E-state index in [1.165, 1.54) is 56.9 Å². The lowest BCUT2D eigenvalue weighted by Gasteiger charge is -2.58. The van der Waals surface area contributed by atoms with E-state index < -0.39 is 0 Å². The fourth-order valence-electron chi connectivity index (χ4n) is 11.5. The Labute approximate surface area is 286 Å². The number of hydrogen-bond donors (Lipinski definition) is 0. The Morgan fingerprint density at radius 3 is 2.64 bits per heavy atom. The highest BCUT2D eigenvalue weighted by Crippen LogP contribution is 2.67. The van der Waals surface area contributed by atoms with Crippen LogP contribution in [0.3, 0.4) is 0 Å². The first kappa shape index (κ1) is 33.2. The van der Waals surface area contributed by atoms with Crippen LogP contribution in [-0.2, 0) is 22.4 Å². The van der Waals surface area contributed by atoms with Gasteiger partial charge in [0.2, 0.25) is 0 Å². The van der Waals surface area contributed by atoms with Gasteiger partial charge in [-0.1, -0.05) is 77.1 Å². The standard InChI is InChI=1S/C41H55ClO5/c1-24(2)8-6-9-25(3)32-14-15-33-30-13-12-26-20-27(16-18-40(26,4)34(30)17-19-41(32,33)5)46-38(43)23-45-37-22-36-31(21-35(37)42)28-10-7-11-29(28)39(44)47-36/h12,21-22,24-25,27,30,32-34H,6-11,13-20,23H2,1-5H3/t25-,27+,30?,32-,33?,34?,40+,41-/m1/s1. The van der Waals surface area contributed by atoms with E-state index >= 15 is 0 Å². The molecule has 3 fully saturated rings. The summed E-state index contributed by atoms with van der Waals surface area (Å²) in [6, 6.07) is 3.43. The van der Waals surface area contributed by atoms with E-state index in [1.807, 2.05) is 0 Å². The lowest BCUT2D eigenvalue weighted by molar-refractivity contribution is -0.153. The van der Waals surface area contributed by atoms with Crippen LogP contribution in [0.2, 0.25) is 5.02 Å². The minimum Gasteiger partial charge on any atom is -0.480 e. The number of ether oxygens (including phenoxy) is 2. The van der Waals surface area contributed by atoms with Crippen molar-refractivity contribution in [2.75, 3.05) is 6.61 Å². The summed E-state index contributed by atoms with van der Waals surface area (Å²) < 4.78 is 17.4. The molecule has 256 valence electrons. The SMILES string of the molecule is CC(C)CCC[C@@H](C)[C@H]1CCC2C3CC=C4C[C@@H](OC(=O)COc5cc6oc(=O)c7c(c6cc5Cl)CCC7)CC[C@]4(C)C3CC[C@@]21C. The average Bonchev–Trinajstić information content (AvgIpc) is 3.66. The van der Waals surface area contributed by atoms with Gasteiger partial charge in [-0.05, 0) is 122 Å². The number of carbonyl (C=O) groups excluding carboxylic acids is 1. The zero-order valence-electron chi connectivity index (χ0n) is 29.3. The number of benzene rings is 1. The van der Waals surface area contributed by atoms with Crippen LogP contribution >= 0.6 is 11.6 Å². The number of rotatable bonds is 9. The molecule has 5 aliphatic carbocycles. The second kappa shape index (κ2) is 12.9. The summed E-state index contributed by atoms with van der Waals surface area (Å²) in [6.07, 6.45) is 18.6. The molecule has 0 amide bonds. The Morgan fingerprint density at radius 2 is 1.83 bits per heavy atom. The summed E-state index contributed by atoms with van der Waals surface area (Å²) in [6.45, 7) is 12.2. The summed E-state index contributed by atoms with van der Waals surface area (Å²) in [4.78, 5) is 25.4. The molecule has 3 unspecified atom stereocenters. The summed E-state index contributed by atoms with van der Waals surface area (Å²) in [5, 5.41) is 1.26. The van der Waals surface area contributed by atoms with Crippen LogP contribution in [0.15, 0.2) is 33.0 Å².